The van der Waals surface area contributed by atoms with Gasteiger partial charge in [-0.2, -0.15) is 0 Å². The van der Waals surface area contributed by atoms with E-state index >= 15 is 0 Å². The molecule has 0 spiro atoms. The predicted molar refractivity (Wildman–Crippen MR) is 65.0 cm³/mol. The first-order valence-electron chi connectivity index (χ1n) is 6.13. The van der Waals surface area contributed by atoms with E-state index in [1.54, 1.807) is 12.1 Å². The van der Waals surface area contributed by atoms with Crippen LogP contribution in [0.2, 0.25) is 0 Å². The predicted octanol–water partition coefficient (Wildman–Crippen LogP) is 3.06. The molecule has 1 fully saturated rings. The van der Waals surface area contributed by atoms with E-state index in [9.17, 15) is 4.39 Å². The minimum Gasteiger partial charge on any atom is -0.314 e. The largest absolute Gasteiger partial charge is 0.314 e. The molecule has 1 aliphatic carbocycles. The number of aryl methyl sites for hydroxylation is 1. The molecule has 1 saturated carbocycles. The zero-order chi connectivity index (χ0) is 11.5. The van der Waals surface area contributed by atoms with Gasteiger partial charge in [0.2, 0.25) is 0 Å². The Morgan fingerprint density at radius 2 is 2.19 bits per heavy atom. The standard InChI is InChI=1S/C14H20FN/c1-10(9-16-14-5-6-14)7-12-3-4-13(15)8-11(12)2/h3-4,8,10,14,16H,5-7,9H2,1-2H3. The van der Waals surface area contributed by atoms with E-state index in [2.05, 4.69) is 12.2 Å². The molecule has 16 heavy (non-hydrogen) atoms. The first-order chi connectivity index (χ1) is 7.65. The maximum Gasteiger partial charge on any atom is 0.123 e. The Hall–Kier alpha value is -0.890. The first-order valence-corrected chi connectivity index (χ1v) is 6.13. The molecule has 0 saturated heterocycles. The van der Waals surface area contributed by atoms with Crippen LogP contribution in [0.4, 0.5) is 4.39 Å². The van der Waals surface area contributed by atoms with Gasteiger partial charge in [-0.3, -0.25) is 0 Å². The van der Waals surface area contributed by atoms with E-state index in [1.807, 2.05) is 13.0 Å². The number of rotatable bonds is 5. The van der Waals surface area contributed by atoms with Gasteiger partial charge in [0, 0.05) is 6.04 Å². The summed E-state index contributed by atoms with van der Waals surface area (Å²) in [5.41, 5.74) is 2.34. The van der Waals surface area contributed by atoms with Crippen molar-refractivity contribution in [3.8, 4) is 0 Å². The van der Waals surface area contributed by atoms with Crippen molar-refractivity contribution >= 4 is 0 Å². The van der Waals surface area contributed by atoms with E-state index in [1.165, 1.54) is 18.4 Å². The summed E-state index contributed by atoms with van der Waals surface area (Å²) in [6, 6.07) is 5.87. The highest BCUT2D eigenvalue weighted by molar-refractivity contribution is 5.26. The van der Waals surface area contributed by atoms with E-state index in [4.69, 9.17) is 0 Å². The zero-order valence-electron chi connectivity index (χ0n) is 10.1. The van der Waals surface area contributed by atoms with Crippen molar-refractivity contribution in [1.29, 1.82) is 0 Å². The van der Waals surface area contributed by atoms with Gasteiger partial charge in [-0.1, -0.05) is 13.0 Å². The highest BCUT2D eigenvalue weighted by Gasteiger charge is 2.20. The minimum absolute atomic E-state index is 0.134. The molecule has 2 heteroatoms. The van der Waals surface area contributed by atoms with Crippen molar-refractivity contribution in [3.05, 3.63) is 35.1 Å². The Morgan fingerprint density at radius 1 is 1.44 bits per heavy atom. The molecule has 1 aliphatic rings. The van der Waals surface area contributed by atoms with Gasteiger partial charge in [0.05, 0.1) is 0 Å². The SMILES string of the molecule is Cc1cc(F)ccc1CC(C)CNC1CC1. The molecule has 88 valence electrons. The molecule has 0 amide bonds. The summed E-state index contributed by atoms with van der Waals surface area (Å²) in [7, 11) is 0. The highest BCUT2D eigenvalue weighted by atomic mass is 19.1. The summed E-state index contributed by atoms with van der Waals surface area (Å²) in [5.74, 6) is 0.481. The van der Waals surface area contributed by atoms with E-state index in [-0.39, 0.29) is 5.82 Å². The molecule has 1 N–H and O–H groups in total. The fourth-order valence-electron chi connectivity index (χ4n) is 1.99. The Balaban J connectivity index is 1.86. The van der Waals surface area contributed by atoms with Gasteiger partial charge in [0.1, 0.15) is 5.82 Å². The number of halogens is 1. The van der Waals surface area contributed by atoms with Crippen molar-refractivity contribution in [3.63, 3.8) is 0 Å². The van der Waals surface area contributed by atoms with Crippen LogP contribution in [0.3, 0.4) is 0 Å². The third kappa shape index (κ3) is 3.31. The Bertz CT molecular complexity index is 358. The van der Waals surface area contributed by atoms with Crippen LogP contribution in [0.25, 0.3) is 0 Å². The zero-order valence-corrected chi connectivity index (χ0v) is 10.1. The molecule has 1 nitrogen and oxygen atoms in total. The Morgan fingerprint density at radius 3 is 2.81 bits per heavy atom. The van der Waals surface area contributed by atoms with E-state index in [0.29, 0.717) is 5.92 Å². The molecule has 0 heterocycles. The molecule has 1 atom stereocenters. The number of hydrogen-bond donors (Lipinski definition) is 1. The summed E-state index contributed by atoms with van der Waals surface area (Å²) >= 11 is 0. The van der Waals surface area contributed by atoms with Gasteiger partial charge in [0.25, 0.3) is 0 Å². The molecule has 0 radical (unpaired) electrons. The van der Waals surface area contributed by atoms with Crippen molar-refractivity contribution < 1.29 is 4.39 Å². The van der Waals surface area contributed by atoms with Gasteiger partial charge in [-0.25, -0.2) is 4.39 Å². The molecular formula is C14H20FN. The Kier molecular flexibility index (Phi) is 3.59. The summed E-state index contributed by atoms with van der Waals surface area (Å²) in [6.07, 6.45) is 3.70. The van der Waals surface area contributed by atoms with Crippen molar-refractivity contribution in [2.24, 2.45) is 5.92 Å². The average molecular weight is 221 g/mol. The topological polar surface area (TPSA) is 12.0 Å². The summed E-state index contributed by atoms with van der Waals surface area (Å²) in [6.45, 7) is 5.30. The van der Waals surface area contributed by atoms with Crippen molar-refractivity contribution in [2.75, 3.05) is 6.54 Å². The monoisotopic (exact) mass is 221 g/mol. The summed E-state index contributed by atoms with van der Waals surface area (Å²) in [5, 5.41) is 3.53. The second-order valence-electron chi connectivity index (χ2n) is 5.06. The van der Waals surface area contributed by atoms with Gasteiger partial charge in [0.15, 0.2) is 0 Å². The lowest BCUT2D eigenvalue weighted by Crippen LogP contribution is -2.24. The molecule has 2 rings (SSSR count). The lowest BCUT2D eigenvalue weighted by molar-refractivity contribution is 0.507. The lowest BCUT2D eigenvalue weighted by Gasteiger charge is -2.14. The van der Waals surface area contributed by atoms with Crippen LogP contribution < -0.4 is 5.32 Å². The lowest BCUT2D eigenvalue weighted by atomic mass is 9.97. The average Bonchev–Trinajstić information content (AvgIpc) is 3.03. The molecule has 0 aromatic heterocycles. The number of hydrogen-bond acceptors (Lipinski definition) is 1. The van der Waals surface area contributed by atoms with Gasteiger partial charge >= 0.3 is 0 Å². The van der Waals surface area contributed by atoms with Crippen LogP contribution in [0, 0.1) is 18.7 Å². The summed E-state index contributed by atoms with van der Waals surface area (Å²) < 4.78 is 12.9. The third-order valence-electron chi connectivity index (χ3n) is 3.21. The van der Waals surface area contributed by atoms with Crippen LogP contribution in [0.1, 0.15) is 30.9 Å². The number of benzene rings is 1. The van der Waals surface area contributed by atoms with E-state index in [0.717, 1.165) is 24.6 Å². The van der Waals surface area contributed by atoms with Crippen molar-refractivity contribution in [1.82, 2.24) is 5.32 Å². The van der Waals surface area contributed by atoms with Crippen LogP contribution >= 0.6 is 0 Å². The third-order valence-corrected chi connectivity index (χ3v) is 3.21. The smallest absolute Gasteiger partial charge is 0.123 e. The first kappa shape index (κ1) is 11.6. The maximum atomic E-state index is 12.9. The number of nitrogens with one attached hydrogen (secondary N) is 1. The quantitative estimate of drug-likeness (QED) is 0.805. The fourth-order valence-corrected chi connectivity index (χ4v) is 1.99. The van der Waals surface area contributed by atoms with Crippen LogP contribution in [-0.4, -0.2) is 12.6 Å². The van der Waals surface area contributed by atoms with Gasteiger partial charge in [-0.15, -0.1) is 0 Å². The highest BCUT2D eigenvalue weighted by Crippen LogP contribution is 2.20. The molecule has 0 aliphatic heterocycles. The molecular weight excluding hydrogens is 201 g/mol. The molecule has 1 aromatic rings. The molecule has 1 aromatic carbocycles. The second kappa shape index (κ2) is 4.96. The Labute approximate surface area is 97.1 Å². The molecule has 0 bridgehead atoms. The van der Waals surface area contributed by atoms with Gasteiger partial charge in [-0.05, 0) is 61.9 Å². The normalized spacial score (nSPS) is 17.4. The summed E-state index contributed by atoms with van der Waals surface area (Å²) in [4.78, 5) is 0. The second-order valence-corrected chi connectivity index (χ2v) is 5.06. The van der Waals surface area contributed by atoms with Gasteiger partial charge < -0.3 is 5.32 Å². The molecule has 1 unspecified atom stereocenters. The van der Waals surface area contributed by atoms with Crippen molar-refractivity contribution in [2.45, 2.75) is 39.2 Å². The van der Waals surface area contributed by atoms with E-state index < -0.39 is 0 Å². The van der Waals surface area contributed by atoms with Crippen LogP contribution in [0.5, 0.6) is 0 Å². The van der Waals surface area contributed by atoms with Crippen LogP contribution in [-0.2, 0) is 6.42 Å². The maximum absolute atomic E-state index is 12.9. The minimum atomic E-state index is -0.134. The fraction of sp³-hybridized carbons (Fsp3) is 0.571. The van der Waals surface area contributed by atoms with Crippen LogP contribution in [0.15, 0.2) is 18.2 Å².